The first-order valence-electron chi connectivity index (χ1n) is 13.4. The fourth-order valence-electron chi connectivity index (χ4n) is 4.29. The van der Waals surface area contributed by atoms with E-state index in [4.69, 9.17) is 18.9 Å². The molecule has 3 aromatic rings. The second-order valence-electron chi connectivity index (χ2n) is 9.29. The number of rotatable bonds is 16. The molecule has 0 unspecified atom stereocenters. The van der Waals surface area contributed by atoms with Crippen molar-refractivity contribution in [3.63, 3.8) is 0 Å². The molecule has 40 heavy (non-hydrogen) atoms. The van der Waals surface area contributed by atoms with Gasteiger partial charge in [-0.15, -0.1) is 11.3 Å². The Labute approximate surface area is 241 Å². The minimum absolute atomic E-state index is 0.0292. The van der Waals surface area contributed by atoms with Gasteiger partial charge in [-0.1, -0.05) is 12.1 Å². The third-order valence-electron chi connectivity index (χ3n) is 6.62. The maximum atomic E-state index is 13.8. The number of ether oxygens (including phenoxy) is 4. The molecule has 0 saturated heterocycles. The average molecular weight is 569 g/mol. The Bertz CT molecular complexity index is 1240. The van der Waals surface area contributed by atoms with Crippen molar-refractivity contribution < 1.29 is 28.5 Å². The van der Waals surface area contributed by atoms with Crippen LogP contribution in [0.15, 0.2) is 53.9 Å². The molecule has 0 bridgehead atoms. The van der Waals surface area contributed by atoms with Gasteiger partial charge in [-0.05, 0) is 79.6 Å². The van der Waals surface area contributed by atoms with Gasteiger partial charge in [0, 0.05) is 36.7 Å². The van der Waals surface area contributed by atoms with E-state index in [1.54, 1.807) is 61.8 Å². The maximum absolute atomic E-state index is 13.8. The Morgan fingerprint density at radius 1 is 0.900 bits per heavy atom. The molecule has 2 amide bonds. The highest BCUT2D eigenvalue weighted by Crippen LogP contribution is 2.28. The first-order chi connectivity index (χ1) is 19.4. The fraction of sp³-hybridized carbons (Fsp3) is 0.419. The summed E-state index contributed by atoms with van der Waals surface area (Å²) in [4.78, 5) is 31.9. The molecule has 3 rings (SSSR count). The molecular weight excluding hydrogens is 528 g/mol. The summed E-state index contributed by atoms with van der Waals surface area (Å²) in [5.41, 5.74) is 2.66. The lowest BCUT2D eigenvalue weighted by atomic mass is 10.1. The van der Waals surface area contributed by atoms with E-state index >= 15 is 0 Å². The van der Waals surface area contributed by atoms with Crippen LogP contribution < -0.4 is 14.2 Å². The number of aryl methyl sites for hydroxylation is 1. The molecule has 9 heteroatoms. The molecule has 0 saturated carbocycles. The van der Waals surface area contributed by atoms with E-state index < -0.39 is 0 Å². The smallest absolute Gasteiger partial charge is 0.254 e. The van der Waals surface area contributed by atoms with Crippen LogP contribution in [0, 0.1) is 6.92 Å². The van der Waals surface area contributed by atoms with Crippen molar-refractivity contribution in [2.75, 3.05) is 54.2 Å². The lowest BCUT2D eigenvalue weighted by molar-refractivity contribution is -0.132. The zero-order valence-electron chi connectivity index (χ0n) is 24.1. The van der Waals surface area contributed by atoms with Crippen LogP contribution in [-0.2, 0) is 22.5 Å². The van der Waals surface area contributed by atoms with Crippen LogP contribution >= 0.6 is 11.3 Å². The molecule has 1 aromatic heterocycles. The first-order valence-corrected chi connectivity index (χ1v) is 14.3. The molecule has 0 radical (unpaired) electrons. The fourth-order valence-corrected chi connectivity index (χ4v) is 5.21. The minimum atomic E-state index is -0.212. The second kappa shape index (κ2) is 15.9. The summed E-state index contributed by atoms with van der Waals surface area (Å²) in [5, 5.41) is 2.04. The Morgan fingerprint density at radius 2 is 1.70 bits per heavy atom. The van der Waals surface area contributed by atoms with Gasteiger partial charge in [0.2, 0.25) is 5.91 Å². The van der Waals surface area contributed by atoms with Crippen LogP contribution in [0.3, 0.4) is 0 Å². The number of hydrogen-bond acceptors (Lipinski definition) is 7. The Balaban J connectivity index is 1.81. The summed E-state index contributed by atoms with van der Waals surface area (Å²) >= 11 is 1.63. The number of amides is 2. The summed E-state index contributed by atoms with van der Waals surface area (Å²) in [7, 11) is 4.78. The molecule has 216 valence electrons. The molecule has 2 aromatic carbocycles. The van der Waals surface area contributed by atoms with E-state index in [1.165, 1.54) is 0 Å². The second-order valence-corrected chi connectivity index (χ2v) is 10.3. The van der Waals surface area contributed by atoms with Crippen molar-refractivity contribution in [1.29, 1.82) is 0 Å². The van der Waals surface area contributed by atoms with Crippen molar-refractivity contribution in [2.45, 2.75) is 33.2 Å². The van der Waals surface area contributed by atoms with E-state index in [0.29, 0.717) is 68.5 Å². The molecule has 0 aliphatic carbocycles. The van der Waals surface area contributed by atoms with Crippen molar-refractivity contribution in [3.05, 3.63) is 75.5 Å². The topological polar surface area (TPSA) is 77.5 Å². The lowest BCUT2D eigenvalue weighted by Gasteiger charge is -2.28. The van der Waals surface area contributed by atoms with Crippen molar-refractivity contribution in [2.24, 2.45) is 0 Å². The van der Waals surface area contributed by atoms with Gasteiger partial charge < -0.3 is 28.7 Å². The quantitative estimate of drug-likeness (QED) is 0.221. The van der Waals surface area contributed by atoms with Crippen LogP contribution in [0.2, 0.25) is 0 Å². The highest BCUT2D eigenvalue weighted by molar-refractivity contribution is 7.10. The monoisotopic (exact) mass is 568 g/mol. The predicted molar refractivity (Wildman–Crippen MR) is 158 cm³/mol. The van der Waals surface area contributed by atoms with Crippen LogP contribution in [0.1, 0.15) is 39.7 Å². The minimum Gasteiger partial charge on any atom is -0.497 e. The van der Waals surface area contributed by atoms with Gasteiger partial charge in [0.05, 0.1) is 27.9 Å². The third-order valence-corrected chi connectivity index (χ3v) is 7.63. The molecule has 8 nitrogen and oxygen atoms in total. The molecule has 0 N–H and O–H groups in total. The van der Waals surface area contributed by atoms with Gasteiger partial charge in [-0.2, -0.15) is 0 Å². The van der Waals surface area contributed by atoms with Gasteiger partial charge >= 0.3 is 0 Å². The Hall–Kier alpha value is -3.56. The molecular formula is C31H40N2O6S. The first kappa shape index (κ1) is 31.0. The SMILES string of the molecule is CCOCCCN(CC(=O)N(CCc1ccc(OC)c(OC)c1)Cc1sccc1C)C(=O)c1cccc(OC)c1. The molecule has 0 fully saturated rings. The van der Waals surface area contributed by atoms with E-state index in [0.717, 1.165) is 16.0 Å². The highest BCUT2D eigenvalue weighted by Gasteiger charge is 2.23. The number of thiophene rings is 1. The number of benzene rings is 2. The molecule has 0 aliphatic rings. The third kappa shape index (κ3) is 8.72. The lowest BCUT2D eigenvalue weighted by Crippen LogP contribution is -2.44. The Morgan fingerprint density at radius 3 is 2.38 bits per heavy atom. The molecule has 0 spiro atoms. The van der Waals surface area contributed by atoms with Crippen molar-refractivity contribution >= 4 is 23.2 Å². The summed E-state index contributed by atoms with van der Waals surface area (Å²) < 4.78 is 21.6. The van der Waals surface area contributed by atoms with Gasteiger partial charge in [-0.25, -0.2) is 0 Å². The molecule has 0 atom stereocenters. The zero-order valence-corrected chi connectivity index (χ0v) is 24.9. The van der Waals surface area contributed by atoms with Crippen LogP contribution in [-0.4, -0.2) is 75.8 Å². The number of hydrogen-bond donors (Lipinski definition) is 0. The van der Waals surface area contributed by atoms with Gasteiger partial charge in [0.1, 0.15) is 12.3 Å². The predicted octanol–water partition coefficient (Wildman–Crippen LogP) is 5.22. The summed E-state index contributed by atoms with van der Waals surface area (Å²) in [6.07, 6.45) is 1.26. The molecule has 1 heterocycles. The van der Waals surface area contributed by atoms with E-state index in [9.17, 15) is 9.59 Å². The van der Waals surface area contributed by atoms with Gasteiger partial charge in [0.25, 0.3) is 5.91 Å². The van der Waals surface area contributed by atoms with Gasteiger partial charge in [0.15, 0.2) is 11.5 Å². The largest absolute Gasteiger partial charge is 0.497 e. The van der Waals surface area contributed by atoms with Gasteiger partial charge in [-0.3, -0.25) is 9.59 Å². The number of carbonyl (C=O) groups is 2. The van der Waals surface area contributed by atoms with Crippen LogP contribution in [0.25, 0.3) is 0 Å². The molecule has 0 aliphatic heterocycles. The number of carbonyl (C=O) groups excluding carboxylic acids is 2. The standard InChI is InChI=1S/C31H40N2O6S/c1-6-39-17-8-15-33(31(35)25-9-7-10-26(20-25)36-3)22-30(34)32(21-29-23(2)14-18-40-29)16-13-24-11-12-27(37-4)28(19-24)38-5/h7,9-12,14,18-20H,6,8,13,15-17,21-22H2,1-5H3. The number of methoxy groups -OCH3 is 3. The normalized spacial score (nSPS) is 10.7. The van der Waals surface area contributed by atoms with Crippen LogP contribution in [0.5, 0.6) is 17.2 Å². The van der Waals surface area contributed by atoms with E-state index in [-0.39, 0.29) is 18.4 Å². The van der Waals surface area contributed by atoms with Crippen molar-refractivity contribution in [3.8, 4) is 17.2 Å². The zero-order chi connectivity index (χ0) is 28.9. The Kier molecular flexibility index (Phi) is 12.3. The van der Waals surface area contributed by atoms with E-state index in [2.05, 4.69) is 13.0 Å². The average Bonchev–Trinajstić information content (AvgIpc) is 3.39. The van der Waals surface area contributed by atoms with Crippen LogP contribution in [0.4, 0.5) is 0 Å². The highest BCUT2D eigenvalue weighted by atomic mass is 32.1. The maximum Gasteiger partial charge on any atom is 0.254 e. The summed E-state index contributed by atoms with van der Waals surface area (Å²) in [6, 6.07) is 14.9. The van der Waals surface area contributed by atoms with E-state index in [1.807, 2.05) is 35.4 Å². The number of nitrogens with zero attached hydrogens (tertiary/aromatic N) is 2. The summed E-state index contributed by atoms with van der Waals surface area (Å²) in [6.45, 7) is 6.46. The summed E-state index contributed by atoms with van der Waals surface area (Å²) in [5.74, 6) is 1.58. The van der Waals surface area contributed by atoms with Crippen molar-refractivity contribution in [1.82, 2.24) is 9.80 Å².